The van der Waals surface area contributed by atoms with Gasteiger partial charge in [-0.15, -0.1) is 0 Å². The number of hydrogen-bond donors (Lipinski definition) is 0. The first-order valence-electron chi connectivity index (χ1n) is 12.1. The van der Waals surface area contributed by atoms with Crippen LogP contribution in [0.1, 0.15) is 25.0 Å². The average Bonchev–Trinajstić information content (AvgIpc) is 3.54. The highest BCUT2D eigenvalue weighted by Crippen LogP contribution is 2.28. The first-order chi connectivity index (χ1) is 16.5. The van der Waals surface area contributed by atoms with E-state index in [2.05, 4.69) is 14.8 Å². The van der Waals surface area contributed by atoms with Crippen LogP contribution in [0.3, 0.4) is 0 Å². The fourth-order valence-corrected chi connectivity index (χ4v) is 5.06. The molecule has 180 valence electrons. The number of aryl methyl sites for hydroxylation is 1. The summed E-state index contributed by atoms with van der Waals surface area (Å²) in [6.07, 6.45) is 2.63. The molecule has 9 heteroatoms. The Balaban J connectivity index is 1.20. The molecule has 3 saturated heterocycles. The lowest BCUT2D eigenvalue weighted by molar-refractivity contribution is -0.136. The summed E-state index contributed by atoms with van der Waals surface area (Å²) in [4.78, 5) is 43.4. The first kappa shape index (κ1) is 22.4. The summed E-state index contributed by atoms with van der Waals surface area (Å²) in [5.74, 6) is 2.25. The van der Waals surface area contributed by atoms with Crippen LogP contribution in [0.2, 0.25) is 0 Å². The molecule has 9 nitrogen and oxygen atoms in total. The third-order valence-corrected chi connectivity index (χ3v) is 6.99. The Hall–Kier alpha value is -3.36. The van der Waals surface area contributed by atoms with E-state index in [1.165, 1.54) is 12.8 Å². The van der Waals surface area contributed by atoms with Crippen molar-refractivity contribution in [3.63, 3.8) is 0 Å². The summed E-state index contributed by atoms with van der Waals surface area (Å²) >= 11 is 0. The molecule has 3 fully saturated rings. The number of amides is 2. The maximum Gasteiger partial charge on any atom is 0.228 e. The molecule has 4 heterocycles. The summed E-state index contributed by atoms with van der Waals surface area (Å²) in [5, 5.41) is 0. The van der Waals surface area contributed by atoms with Crippen LogP contribution in [-0.2, 0) is 9.59 Å². The minimum Gasteiger partial charge on any atom is -0.497 e. The normalized spacial score (nSPS) is 20.9. The first-order valence-corrected chi connectivity index (χ1v) is 12.1. The van der Waals surface area contributed by atoms with Crippen LogP contribution in [0.4, 0.5) is 17.5 Å². The predicted octanol–water partition coefficient (Wildman–Crippen LogP) is 2.10. The molecule has 1 unspecified atom stereocenters. The Morgan fingerprint density at radius 2 is 1.68 bits per heavy atom. The van der Waals surface area contributed by atoms with E-state index in [0.29, 0.717) is 19.6 Å². The maximum atomic E-state index is 13.2. The Morgan fingerprint density at radius 1 is 0.971 bits per heavy atom. The van der Waals surface area contributed by atoms with Crippen LogP contribution in [-0.4, -0.2) is 79.6 Å². The van der Waals surface area contributed by atoms with Crippen LogP contribution < -0.4 is 19.4 Å². The highest BCUT2D eigenvalue weighted by atomic mass is 16.5. The fraction of sp³-hybridized carbons (Fsp3) is 0.520. The van der Waals surface area contributed by atoms with E-state index in [-0.39, 0.29) is 24.2 Å². The Kier molecular flexibility index (Phi) is 6.26. The van der Waals surface area contributed by atoms with Gasteiger partial charge in [-0.2, -0.15) is 4.98 Å². The zero-order chi connectivity index (χ0) is 23.7. The standard InChI is InChI=1S/C25H32N6O3/c1-18-15-22(27-25(26-18)30-9-3-4-10-30)28-11-13-29(14-12-28)24(33)19-16-23(32)31(17-19)20-5-7-21(34-2)8-6-20/h5-8,15,19H,3-4,9-14,16-17H2,1-2H3. The van der Waals surface area contributed by atoms with E-state index in [1.54, 1.807) is 12.0 Å². The van der Waals surface area contributed by atoms with Crippen molar-refractivity contribution in [2.75, 3.05) is 67.6 Å². The van der Waals surface area contributed by atoms with Crippen molar-refractivity contribution < 1.29 is 14.3 Å². The monoisotopic (exact) mass is 464 g/mol. The second kappa shape index (κ2) is 9.48. The molecule has 1 aromatic carbocycles. The van der Waals surface area contributed by atoms with Crippen molar-refractivity contribution in [3.05, 3.63) is 36.0 Å². The number of aromatic nitrogens is 2. The Morgan fingerprint density at radius 3 is 2.35 bits per heavy atom. The molecule has 0 saturated carbocycles. The van der Waals surface area contributed by atoms with Gasteiger partial charge in [0.25, 0.3) is 0 Å². The van der Waals surface area contributed by atoms with Gasteiger partial charge in [-0.05, 0) is 44.0 Å². The summed E-state index contributed by atoms with van der Waals surface area (Å²) in [6, 6.07) is 9.42. The number of benzene rings is 1. The second-order valence-electron chi connectivity index (χ2n) is 9.28. The summed E-state index contributed by atoms with van der Waals surface area (Å²) in [6.45, 7) is 7.18. The number of anilines is 3. The molecule has 34 heavy (non-hydrogen) atoms. The van der Waals surface area contributed by atoms with Crippen LogP contribution >= 0.6 is 0 Å². The molecule has 3 aliphatic heterocycles. The molecule has 0 radical (unpaired) electrons. The zero-order valence-corrected chi connectivity index (χ0v) is 19.9. The molecule has 5 rings (SSSR count). The molecular weight excluding hydrogens is 432 g/mol. The lowest BCUT2D eigenvalue weighted by Gasteiger charge is -2.36. The largest absolute Gasteiger partial charge is 0.497 e. The van der Waals surface area contributed by atoms with Gasteiger partial charge in [0, 0.05) is 69.7 Å². The fourth-order valence-electron chi connectivity index (χ4n) is 5.06. The van der Waals surface area contributed by atoms with E-state index in [1.807, 2.05) is 42.2 Å². The molecule has 0 spiro atoms. The minimum absolute atomic E-state index is 0.00643. The van der Waals surface area contributed by atoms with E-state index in [9.17, 15) is 9.59 Å². The summed E-state index contributed by atoms with van der Waals surface area (Å²) < 4.78 is 5.20. The number of ether oxygens (including phenoxy) is 1. The Bertz CT molecular complexity index is 1050. The predicted molar refractivity (Wildman–Crippen MR) is 130 cm³/mol. The van der Waals surface area contributed by atoms with Crippen molar-refractivity contribution in [3.8, 4) is 5.75 Å². The van der Waals surface area contributed by atoms with E-state index in [4.69, 9.17) is 9.72 Å². The SMILES string of the molecule is COc1ccc(N2CC(C(=O)N3CCN(c4cc(C)nc(N5CCCC5)n4)CC3)CC2=O)cc1. The van der Waals surface area contributed by atoms with Crippen LogP contribution in [0, 0.1) is 12.8 Å². The second-order valence-corrected chi connectivity index (χ2v) is 9.28. The van der Waals surface area contributed by atoms with E-state index in [0.717, 1.165) is 55.1 Å². The molecule has 1 atom stereocenters. The molecule has 3 aliphatic rings. The number of methoxy groups -OCH3 is 1. The number of rotatable bonds is 5. The van der Waals surface area contributed by atoms with Crippen molar-refractivity contribution in [2.24, 2.45) is 5.92 Å². The van der Waals surface area contributed by atoms with E-state index < -0.39 is 0 Å². The number of carbonyl (C=O) groups excluding carboxylic acids is 2. The molecule has 1 aromatic heterocycles. The van der Waals surface area contributed by atoms with Gasteiger partial charge in [0.1, 0.15) is 11.6 Å². The van der Waals surface area contributed by atoms with Crippen LogP contribution in [0.25, 0.3) is 0 Å². The van der Waals surface area contributed by atoms with Crippen molar-refractivity contribution in [1.82, 2.24) is 14.9 Å². The van der Waals surface area contributed by atoms with Gasteiger partial charge >= 0.3 is 0 Å². The average molecular weight is 465 g/mol. The van der Waals surface area contributed by atoms with Crippen molar-refractivity contribution in [1.29, 1.82) is 0 Å². The van der Waals surface area contributed by atoms with Gasteiger partial charge in [-0.3, -0.25) is 9.59 Å². The van der Waals surface area contributed by atoms with Crippen LogP contribution in [0.15, 0.2) is 30.3 Å². The third-order valence-electron chi connectivity index (χ3n) is 6.99. The molecule has 0 bridgehead atoms. The van der Waals surface area contributed by atoms with Gasteiger partial charge in [0.2, 0.25) is 17.8 Å². The molecule has 2 aromatic rings. The number of nitrogens with zero attached hydrogens (tertiary/aromatic N) is 6. The highest BCUT2D eigenvalue weighted by Gasteiger charge is 2.38. The van der Waals surface area contributed by atoms with Gasteiger partial charge in [-0.1, -0.05) is 0 Å². The topological polar surface area (TPSA) is 82.1 Å². The van der Waals surface area contributed by atoms with E-state index >= 15 is 0 Å². The van der Waals surface area contributed by atoms with Crippen molar-refractivity contribution in [2.45, 2.75) is 26.2 Å². The van der Waals surface area contributed by atoms with Crippen molar-refractivity contribution >= 4 is 29.3 Å². The maximum absolute atomic E-state index is 13.2. The molecule has 2 amide bonds. The number of piperazine rings is 1. The summed E-state index contributed by atoms with van der Waals surface area (Å²) in [5.41, 5.74) is 1.77. The number of carbonyl (C=O) groups is 2. The lowest BCUT2D eigenvalue weighted by Crippen LogP contribution is -2.51. The minimum atomic E-state index is -0.302. The van der Waals surface area contributed by atoms with Gasteiger partial charge in [0.05, 0.1) is 13.0 Å². The lowest BCUT2D eigenvalue weighted by atomic mass is 10.1. The van der Waals surface area contributed by atoms with Gasteiger partial charge in [-0.25, -0.2) is 4.98 Å². The third kappa shape index (κ3) is 4.51. The van der Waals surface area contributed by atoms with Gasteiger partial charge in [0.15, 0.2) is 0 Å². The molecule has 0 N–H and O–H groups in total. The summed E-state index contributed by atoms with van der Waals surface area (Å²) in [7, 11) is 1.61. The molecule has 0 aliphatic carbocycles. The highest BCUT2D eigenvalue weighted by molar-refractivity contribution is 6.00. The number of hydrogen-bond acceptors (Lipinski definition) is 7. The Labute approximate surface area is 200 Å². The zero-order valence-electron chi connectivity index (χ0n) is 19.9. The van der Waals surface area contributed by atoms with Gasteiger partial charge < -0.3 is 24.3 Å². The molecular formula is C25H32N6O3. The smallest absolute Gasteiger partial charge is 0.228 e. The van der Waals surface area contributed by atoms with Crippen LogP contribution in [0.5, 0.6) is 5.75 Å². The quantitative estimate of drug-likeness (QED) is 0.670.